The van der Waals surface area contributed by atoms with E-state index in [1.807, 2.05) is 158 Å². The molecule has 0 aliphatic carbocycles. The lowest BCUT2D eigenvalue weighted by Gasteiger charge is -2.40. The smallest absolute Gasteiger partial charge is 0.354 e. The summed E-state index contributed by atoms with van der Waals surface area (Å²) >= 11 is 0. The van der Waals surface area contributed by atoms with Crippen molar-refractivity contribution in [2.45, 2.75) is 76.7 Å². The zero-order valence-electron chi connectivity index (χ0n) is 35.9. The minimum absolute atomic E-state index is 0.0335. The second kappa shape index (κ2) is 22.7. The highest BCUT2D eigenvalue weighted by Crippen LogP contribution is 2.37. The highest BCUT2D eigenvalue weighted by Gasteiger charge is 2.53. The van der Waals surface area contributed by atoms with Crippen LogP contribution in [-0.4, -0.2) is 60.2 Å². The van der Waals surface area contributed by atoms with Crippen molar-refractivity contribution in [3.63, 3.8) is 0 Å². The van der Waals surface area contributed by atoms with Gasteiger partial charge < -0.3 is 23.5 Å². The predicted molar refractivity (Wildman–Crippen MR) is 248 cm³/mol. The molecule has 9 nitrogen and oxygen atoms in total. The first-order valence-electron chi connectivity index (χ1n) is 20.8. The second-order valence-corrected chi connectivity index (χ2v) is 21.9. The summed E-state index contributed by atoms with van der Waals surface area (Å²) in [6, 6.07) is 59.2. The molecule has 0 aliphatic heterocycles. The normalized spacial score (nSPS) is 14.3. The van der Waals surface area contributed by atoms with E-state index in [4.69, 9.17) is 32.8 Å². The first kappa shape index (κ1) is 46.3. The SMILES string of the molecule is CC(C)(C)[Si](O/N=C/[C@H](OCc1ccccc1)[C@@H](OCc1ccccc1)[C@H](OS(C)(=O)=O)[C@@H](COCc1ccccc1)OCc1ccccc1)(c1ccccc1)c1ccccc1. The molecule has 4 atom stereocenters. The van der Waals surface area contributed by atoms with Gasteiger partial charge in [0.2, 0.25) is 0 Å². The van der Waals surface area contributed by atoms with Crippen molar-refractivity contribution in [2.24, 2.45) is 5.16 Å². The molecule has 0 heterocycles. The largest absolute Gasteiger partial charge is 0.443 e. The first-order valence-corrected chi connectivity index (χ1v) is 24.5. The van der Waals surface area contributed by atoms with Crippen molar-refractivity contribution < 1.29 is 36.1 Å². The van der Waals surface area contributed by atoms with Crippen molar-refractivity contribution in [1.29, 1.82) is 0 Å². The van der Waals surface area contributed by atoms with Gasteiger partial charge in [0.1, 0.15) is 24.4 Å². The summed E-state index contributed by atoms with van der Waals surface area (Å²) in [5, 5.41) is 6.54. The van der Waals surface area contributed by atoms with E-state index in [1.165, 1.54) is 0 Å². The minimum Gasteiger partial charge on any atom is -0.443 e. The molecule has 324 valence electrons. The minimum atomic E-state index is -4.13. The summed E-state index contributed by atoms with van der Waals surface area (Å²) in [5.74, 6) is 0. The van der Waals surface area contributed by atoms with Crippen LogP contribution in [0.3, 0.4) is 0 Å². The molecule has 6 aromatic carbocycles. The molecular weight excluding hydrogens is 815 g/mol. The molecule has 0 unspecified atom stereocenters. The van der Waals surface area contributed by atoms with E-state index in [1.54, 1.807) is 6.21 Å². The lowest BCUT2D eigenvalue weighted by atomic mass is 10.0. The molecule has 62 heavy (non-hydrogen) atoms. The number of rotatable bonds is 23. The number of hydrogen-bond acceptors (Lipinski definition) is 9. The number of oxime groups is 1. The maximum atomic E-state index is 13.4. The van der Waals surface area contributed by atoms with Crippen LogP contribution in [0.15, 0.2) is 187 Å². The van der Waals surface area contributed by atoms with Gasteiger partial charge in [0, 0.05) is 5.04 Å². The maximum absolute atomic E-state index is 13.4. The fourth-order valence-corrected chi connectivity index (χ4v) is 12.1. The van der Waals surface area contributed by atoms with Gasteiger partial charge in [0.25, 0.3) is 10.1 Å². The summed E-state index contributed by atoms with van der Waals surface area (Å²) in [5.41, 5.74) is 3.59. The standard InChI is InChI=1S/C51H57NO8SSi/c1-51(2,3)62(45-31-19-9-20-32-45,46-33-21-10-22-34-46)60-52-35-47(56-37-42-25-13-6-14-26-42)49(58-39-44-29-17-8-18-30-44)50(59-61(4,53)54)48(57-38-43-27-15-7-16-28-43)40-55-36-41-23-11-5-12-24-41/h5-35,47-50H,36-40H2,1-4H3/b52-35+/t47-,48+,49+,50+/m0/s1. The van der Waals surface area contributed by atoms with Gasteiger partial charge in [-0.25, -0.2) is 0 Å². The average Bonchev–Trinajstić information content (AvgIpc) is 3.28. The first-order chi connectivity index (χ1) is 30.0. The number of benzene rings is 6. The molecule has 0 bridgehead atoms. The van der Waals surface area contributed by atoms with Gasteiger partial charge in [-0.2, -0.15) is 8.42 Å². The lowest BCUT2D eigenvalue weighted by Crippen LogP contribution is -2.65. The van der Waals surface area contributed by atoms with E-state index in [0.717, 1.165) is 38.9 Å². The van der Waals surface area contributed by atoms with Crippen LogP contribution in [0.4, 0.5) is 0 Å². The number of hydrogen-bond donors (Lipinski definition) is 0. The Kier molecular flexibility index (Phi) is 17.0. The molecule has 11 heteroatoms. The van der Waals surface area contributed by atoms with Crippen LogP contribution in [0, 0.1) is 0 Å². The zero-order valence-corrected chi connectivity index (χ0v) is 37.7. The molecule has 6 rings (SSSR count). The molecule has 0 radical (unpaired) electrons. The van der Waals surface area contributed by atoms with Gasteiger partial charge in [-0.05, 0) is 32.6 Å². The van der Waals surface area contributed by atoms with E-state index >= 15 is 0 Å². The Morgan fingerprint density at radius 1 is 0.532 bits per heavy atom. The van der Waals surface area contributed by atoms with Gasteiger partial charge in [-0.1, -0.05) is 203 Å². The van der Waals surface area contributed by atoms with E-state index in [9.17, 15) is 8.42 Å². The fraction of sp³-hybridized carbons (Fsp3) is 0.275. The molecule has 0 aromatic heterocycles. The Hall–Kier alpha value is -5.24. The molecule has 0 amide bonds. The van der Waals surface area contributed by atoms with E-state index in [0.29, 0.717) is 0 Å². The molecule has 0 fully saturated rings. The highest BCUT2D eigenvalue weighted by atomic mass is 32.2. The van der Waals surface area contributed by atoms with E-state index < -0.39 is 42.9 Å². The van der Waals surface area contributed by atoms with Gasteiger partial charge in [-0.15, -0.1) is 5.16 Å². The Labute approximate surface area is 368 Å². The third-order valence-corrected chi connectivity index (χ3v) is 15.7. The predicted octanol–water partition coefficient (Wildman–Crippen LogP) is 8.87. The average molecular weight is 872 g/mol. The summed E-state index contributed by atoms with van der Waals surface area (Å²) in [6.07, 6.45) is -1.80. The topological polar surface area (TPSA) is 102 Å². The molecule has 0 spiro atoms. The van der Waals surface area contributed by atoms with E-state index in [-0.39, 0.29) is 38.1 Å². The van der Waals surface area contributed by atoms with Crippen LogP contribution < -0.4 is 10.4 Å². The van der Waals surface area contributed by atoms with Crippen molar-refractivity contribution in [2.75, 3.05) is 12.9 Å². The van der Waals surface area contributed by atoms with Gasteiger partial charge in [0.05, 0.1) is 45.5 Å². The van der Waals surface area contributed by atoms with Crippen molar-refractivity contribution >= 4 is 35.0 Å². The molecule has 0 N–H and O–H groups in total. The third kappa shape index (κ3) is 13.4. The van der Waals surface area contributed by atoms with Crippen LogP contribution in [0.25, 0.3) is 0 Å². The zero-order chi connectivity index (χ0) is 43.7. The third-order valence-electron chi connectivity index (χ3n) is 10.4. The second-order valence-electron chi connectivity index (χ2n) is 16.1. The van der Waals surface area contributed by atoms with Gasteiger partial charge in [0.15, 0.2) is 0 Å². The van der Waals surface area contributed by atoms with Crippen molar-refractivity contribution in [1.82, 2.24) is 0 Å². The Morgan fingerprint density at radius 3 is 1.34 bits per heavy atom. The quantitative estimate of drug-likeness (QED) is 0.0273. The van der Waals surface area contributed by atoms with Crippen LogP contribution in [0.5, 0.6) is 0 Å². The summed E-state index contributed by atoms with van der Waals surface area (Å²) < 4.78 is 66.4. The molecule has 0 saturated heterocycles. The molecule has 6 aromatic rings. The Morgan fingerprint density at radius 2 is 0.919 bits per heavy atom. The van der Waals surface area contributed by atoms with Gasteiger partial charge >= 0.3 is 8.32 Å². The Bertz CT molecular complexity index is 2280. The number of ether oxygens (including phenoxy) is 4. The fourth-order valence-electron chi connectivity index (χ4n) is 7.34. The maximum Gasteiger partial charge on any atom is 0.354 e. The lowest BCUT2D eigenvalue weighted by molar-refractivity contribution is -0.157. The summed E-state index contributed by atoms with van der Waals surface area (Å²) in [6.45, 7) is 7.13. The van der Waals surface area contributed by atoms with Crippen LogP contribution >= 0.6 is 0 Å². The van der Waals surface area contributed by atoms with Crippen molar-refractivity contribution in [3.05, 3.63) is 204 Å². The van der Waals surface area contributed by atoms with E-state index in [2.05, 4.69) is 45.0 Å². The van der Waals surface area contributed by atoms with Gasteiger partial charge in [-0.3, -0.25) is 4.18 Å². The monoisotopic (exact) mass is 871 g/mol. The molecule has 0 aliphatic rings. The molecular formula is C51H57NO8SSi. The molecule has 0 saturated carbocycles. The Balaban J connectivity index is 1.45. The summed E-state index contributed by atoms with van der Waals surface area (Å²) in [7, 11) is -7.29. The van der Waals surface area contributed by atoms with Crippen LogP contribution in [-0.2, 0) is 64.2 Å². The van der Waals surface area contributed by atoms with Crippen molar-refractivity contribution in [3.8, 4) is 0 Å². The summed E-state index contributed by atoms with van der Waals surface area (Å²) in [4.78, 5) is 0. The van der Waals surface area contributed by atoms with Crippen LogP contribution in [0.2, 0.25) is 5.04 Å². The van der Waals surface area contributed by atoms with Crippen LogP contribution in [0.1, 0.15) is 43.0 Å². The number of nitrogens with zero attached hydrogens (tertiary/aromatic N) is 1. The highest BCUT2D eigenvalue weighted by molar-refractivity contribution is 7.86.